The van der Waals surface area contributed by atoms with Crippen LogP contribution in [0, 0.1) is 0 Å². The lowest BCUT2D eigenvalue weighted by Crippen LogP contribution is -2.37. The van der Waals surface area contributed by atoms with Gasteiger partial charge in [0.05, 0.1) is 24.7 Å². The van der Waals surface area contributed by atoms with Crippen molar-refractivity contribution >= 4 is 11.9 Å². The van der Waals surface area contributed by atoms with Gasteiger partial charge in [0.1, 0.15) is 0 Å². The van der Waals surface area contributed by atoms with Crippen molar-refractivity contribution in [3.63, 3.8) is 0 Å². The van der Waals surface area contributed by atoms with E-state index in [1.807, 2.05) is 6.07 Å². The van der Waals surface area contributed by atoms with E-state index in [1.165, 1.54) is 0 Å². The Morgan fingerprint density at radius 2 is 2.04 bits per heavy atom. The Balaban J connectivity index is 1.51. The standard InChI is InChI=1S/C18H23NO5/c20-17(6-10-24-16-4-8-23-9-5-16)19-7-3-13-1-2-14(18(21)22)11-15(13)12-19/h1-2,11,16H,3-10,12H2,(H,21,22). The Morgan fingerprint density at radius 1 is 1.25 bits per heavy atom. The molecule has 1 aromatic carbocycles. The molecule has 1 N–H and O–H groups in total. The summed E-state index contributed by atoms with van der Waals surface area (Å²) in [6.07, 6.45) is 3.12. The summed E-state index contributed by atoms with van der Waals surface area (Å²) in [4.78, 5) is 25.3. The summed E-state index contributed by atoms with van der Waals surface area (Å²) in [6.45, 7) is 3.05. The van der Waals surface area contributed by atoms with Crippen LogP contribution in [0.2, 0.25) is 0 Å². The molecule has 0 bridgehead atoms. The van der Waals surface area contributed by atoms with E-state index < -0.39 is 5.97 Å². The molecule has 0 saturated carbocycles. The molecule has 24 heavy (non-hydrogen) atoms. The van der Waals surface area contributed by atoms with Crippen LogP contribution in [0.15, 0.2) is 18.2 Å². The van der Waals surface area contributed by atoms with Crippen molar-refractivity contribution in [2.24, 2.45) is 0 Å². The second-order valence-electron chi connectivity index (χ2n) is 6.29. The number of carbonyl (C=O) groups is 2. The van der Waals surface area contributed by atoms with Gasteiger partial charge < -0.3 is 19.5 Å². The third-order valence-corrected chi connectivity index (χ3v) is 4.66. The largest absolute Gasteiger partial charge is 0.478 e. The minimum absolute atomic E-state index is 0.0634. The second-order valence-corrected chi connectivity index (χ2v) is 6.29. The van der Waals surface area contributed by atoms with E-state index in [1.54, 1.807) is 17.0 Å². The average Bonchev–Trinajstić information content (AvgIpc) is 2.61. The van der Waals surface area contributed by atoms with E-state index in [-0.39, 0.29) is 17.6 Å². The monoisotopic (exact) mass is 333 g/mol. The minimum Gasteiger partial charge on any atom is -0.478 e. The number of rotatable bonds is 5. The zero-order valence-electron chi connectivity index (χ0n) is 13.7. The van der Waals surface area contributed by atoms with Crippen LogP contribution in [0.5, 0.6) is 0 Å². The van der Waals surface area contributed by atoms with Crippen molar-refractivity contribution in [3.05, 3.63) is 34.9 Å². The van der Waals surface area contributed by atoms with Crippen LogP contribution in [0.3, 0.4) is 0 Å². The van der Waals surface area contributed by atoms with Gasteiger partial charge in [-0.15, -0.1) is 0 Å². The third kappa shape index (κ3) is 4.13. The molecule has 0 radical (unpaired) electrons. The molecule has 1 fully saturated rings. The van der Waals surface area contributed by atoms with Gasteiger partial charge in [-0.25, -0.2) is 4.79 Å². The van der Waals surface area contributed by atoms with Gasteiger partial charge in [-0.05, 0) is 42.5 Å². The topological polar surface area (TPSA) is 76.1 Å². The van der Waals surface area contributed by atoms with Gasteiger partial charge >= 0.3 is 5.97 Å². The lowest BCUT2D eigenvalue weighted by molar-refractivity contribution is -0.134. The number of hydrogen-bond acceptors (Lipinski definition) is 4. The molecule has 6 nitrogen and oxygen atoms in total. The van der Waals surface area contributed by atoms with Crippen molar-refractivity contribution in [2.45, 2.75) is 38.3 Å². The van der Waals surface area contributed by atoms with Crippen LogP contribution in [-0.2, 0) is 27.2 Å². The fourth-order valence-electron chi connectivity index (χ4n) is 3.22. The lowest BCUT2D eigenvalue weighted by atomic mass is 9.97. The predicted octanol–water partition coefficient (Wildman–Crippen LogP) is 1.86. The van der Waals surface area contributed by atoms with Gasteiger partial charge in [0.2, 0.25) is 5.91 Å². The van der Waals surface area contributed by atoms with E-state index in [0.29, 0.717) is 26.1 Å². The number of carbonyl (C=O) groups excluding carboxylic acids is 1. The highest BCUT2D eigenvalue weighted by molar-refractivity contribution is 5.88. The Hall–Kier alpha value is -1.92. The molecule has 2 heterocycles. The molecule has 2 aliphatic heterocycles. The van der Waals surface area contributed by atoms with Crippen molar-refractivity contribution in [2.75, 3.05) is 26.4 Å². The lowest BCUT2D eigenvalue weighted by Gasteiger charge is -2.29. The molecule has 2 aliphatic rings. The highest BCUT2D eigenvalue weighted by Crippen LogP contribution is 2.21. The molecule has 3 rings (SSSR count). The Morgan fingerprint density at radius 3 is 2.79 bits per heavy atom. The van der Waals surface area contributed by atoms with Crippen LogP contribution in [0.4, 0.5) is 0 Å². The molecule has 6 heteroatoms. The number of aromatic carboxylic acids is 1. The fourth-order valence-corrected chi connectivity index (χ4v) is 3.22. The maximum absolute atomic E-state index is 12.4. The first-order chi connectivity index (χ1) is 11.6. The summed E-state index contributed by atoms with van der Waals surface area (Å²) < 4.78 is 11.0. The van der Waals surface area contributed by atoms with Crippen LogP contribution >= 0.6 is 0 Å². The molecule has 0 aromatic heterocycles. The molecule has 0 aliphatic carbocycles. The number of fused-ring (bicyclic) bond motifs is 1. The number of amides is 1. The zero-order chi connectivity index (χ0) is 16.9. The van der Waals surface area contributed by atoms with Crippen LogP contribution in [0.25, 0.3) is 0 Å². The van der Waals surface area contributed by atoms with Gasteiger partial charge in [0.25, 0.3) is 0 Å². The van der Waals surface area contributed by atoms with Crippen LogP contribution < -0.4 is 0 Å². The minimum atomic E-state index is -0.939. The van der Waals surface area contributed by atoms with E-state index in [0.717, 1.165) is 43.6 Å². The maximum Gasteiger partial charge on any atom is 0.335 e. The number of carboxylic acids is 1. The SMILES string of the molecule is O=C(O)c1ccc2c(c1)CN(C(=O)CCOC1CCOCC1)CC2. The quantitative estimate of drug-likeness (QED) is 0.890. The Kier molecular flexibility index (Phi) is 5.48. The predicted molar refractivity (Wildman–Crippen MR) is 86.9 cm³/mol. The highest BCUT2D eigenvalue weighted by Gasteiger charge is 2.22. The molecule has 130 valence electrons. The van der Waals surface area contributed by atoms with Crippen molar-refractivity contribution < 1.29 is 24.2 Å². The summed E-state index contributed by atoms with van der Waals surface area (Å²) in [5.41, 5.74) is 2.33. The maximum atomic E-state index is 12.4. The van der Waals surface area contributed by atoms with E-state index in [9.17, 15) is 9.59 Å². The molecule has 1 amide bonds. The first kappa shape index (κ1) is 16.9. The van der Waals surface area contributed by atoms with Crippen LogP contribution in [0.1, 0.15) is 40.7 Å². The summed E-state index contributed by atoms with van der Waals surface area (Å²) >= 11 is 0. The van der Waals surface area contributed by atoms with E-state index in [2.05, 4.69) is 0 Å². The van der Waals surface area contributed by atoms with Gasteiger partial charge in [0.15, 0.2) is 0 Å². The molecular formula is C18H23NO5. The number of hydrogen-bond donors (Lipinski definition) is 1. The van der Waals surface area contributed by atoms with Crippen molar-refractivity contribution in [1.82, 2.24) is 4.90 Å². The number of benzene rings is 1. The second kappa shape index (κ2) is 7.77. The molecule has 1 aromatic rings. The number of ether oxygens (including phenoxy) is 2. The fraction of sp³-hybridized carbons (Fsp3) is 0.556. The van der Waals surface area contributed by atoms with Crippen molar-refractivity contribution in [3.8, 4) is 0 Å². The molecular weight excluding hydrogens is 310 g/mol. The first-order valence-corrected chi connectivity index (χ1v) is 8.45. The summed E-state index contributed by atoms with van der Waals surface area (Å²) in [7, 11) is 0. The molecule has 0 unspecified atom stereocenters. The average molecular weight is 333 g/mol. The van der Waals surface area contributed by atoms with Gasteiger partial charge in [0, 0.05) is 26.3 Å². The molecule has 0 spiro atoms. The zero-order valence-corrected chi connectivity index (χ0v) is 13.7. The first-order valence-electron chi connectivity index (χ1n) is 8.45. The van der Waals surface area contributed by atoms with Gasteiger partial charge in [-0.3, -0.25) is 4.79 Å². The highest BCUT2D eigenvalue weighted by atomic mass is 16.5. The van der Waals surface area contributed by atoms with Crippen molar-refractivity contribution in [1.29, 1.82) is 0 Å². The van der Waals surface area contributed by atoms with Gasteiger partial charge in [-0.1, -0.05) is 6.07 Å². The van der Waals surface area contributed by atoms with E-state index >= 15 is 0 Å². The molecule has 0 atom stereocenters. The summed E-state index contributed by atoms with van der Waals surface area (Å²) in [6, 6.07) is 5.16. The number of carboxylic acid groups (broad SMARTS) is 1. The Labute approximate surface area is 141 Å². The van der Waals surface area contributed by atoms with E-state index in [4.69, 9.17) is 14.6 Å². The smallest absolute Gasteiger partial charge is 0.335 e. The number of nitrogens with zero attached hydrogens (tertiary/aromatic N) is 1. The van der Waals surface area contributed by atoms with Crippen LogP contribution in [-0.4, -0.2) is 54.4 Å². The third-order valence-electron chi connectivity index (χ3n) is 4.66. The summed E-state index contributed by atoms with van der Waals surface area (Å²) in [5.74, 6) is -0.875. The molecule has 1 saturated heterocycles. The Bertz CT molecular complexity index is 609. The summed E-state index contributed by atoms with van der Waals surface area (Å²) in [5, 5.41) is 9.10. The normalized spacial score (nSPS) is 18.2. The van der Waals surface area contributed by atoms with Gasteiger partial charge in [-0.2, -0.15) is 0 Å².